The molecule has 23 heteroatoms. The van der Waals surface area contributed by atoms with Crippen LogP contribution in [-0.2, 0) is 44.7 Å². The summed E-state index contributed by atoms with van der Waals surface area (Å²) in [6.45, 7) is 7.10. The Balaban J connectivity index is 1.87. The molecular formula is C44H72N8O14S. The van der Waals surface area contributed by atoms with E-state index in [9.17, 15) is 63.9 Å². The Hall–Kier alpha value is -4.91. The molecule has 378 valence electrons. The summed E-state index contributed by atoms with van der Waals surface area (Å²) in [4.78, 5) is 102. The largest absolute Gasteiger partial charge is 0.480 e. The van der Waals surface area contributed by atoms with Gasteiger partial charge in [0.05, 0.1) is 19.7 Å². The number of benzene rings is 1. The van der Waals surface area contributed by atoms with Gasteiger partial charge in [0.25, 0.3) is 5.91 Å². The summed E-state index contributed by atoms with van der Waals surface area (Å²) < 4.78 is 5.51. The molecule has 10 unspecified atom stereocenters. The molecule has 1 aliphatic rings. The normalized spacial score (nSPS) is 20.3. The van der Waals surface area contributed by atoms with Crippen LogP contribution in [0.1, 0.15) is 102 Å². The highest BCUT2D eigenvalue weighted by atomic mass is 32.2. The van der Waals surface area contributed by atoms with Crippen LogP contribution >= 0.6 is 11.8 Å². The first-order chi connectivity index (χ1) is 31.7. The van der Waals surface area contributed by atoms with Crippen LogP contribution in [0.4, 0.5) is 0 Å². The van der Waals surface area contributed by atoms with Crippen molar-refractivity contribution in [3.05, 3.63) is 35.4 Å². The summed E-state index contributed by atoms with van der Waals surface area (Å²) in [5.41, 5.74) is 5.81. The van der Waals surface area contributed by atoms with Crippen LogP contribution in [0.3, 0.4) is 0 Å². The maximum Gasteiger partial charge on any atom is 0.326 e. The van der Waals surface area contributed by atoms with Crippen molar-refractivity contribution in [1.82, 2.24) is 37.2 Å². The summed E-state index contributed by atoms with van der Waals surface area (Å²) in [7, 11) is 0. The van der Waals surface area contributed by atoms with Gasteiger partial charge >= 0.3 is 5.97 Å². The van der Waals surface area contributed by atoms with E-state index in [1.54, 1.807) is 24.3 Å². The minimum Gasteiger partial charge on any atom is -0.480 e. The Bertz CT molecular complexity index is 1770. The summed E-state index contributed by atoms with van der Waals surface area (Å²) in [6, 6.07) is 1.04. The fourth-order valence-electron chi connectivity index (χ4n) is 6.74. The number of aliphatic hydroxyl groups is 4. The van der Waals surface area contributed by atoms with Gasteiger partial charge in [0.1, 0.15) is 60.1 Å². The van der Waals surface area contributed by atoms with Crippen molar-refractivity contribution in [2.75, 3.05) is 32.0 Å². The molecule has 0 saturated carbocycles. The van der Waals surface area contributed by atoms with Crippen LogP contribution in [0.15, 0.2) is 24.3 Å². The fraction of sp³-hybridized carbons (Fsp3) is 0.682. The van der Waals surface area contributed by atoms with Crippen LogP contribution < -0.4 is 43.0 Å². The van der Waals surface area contributed by atoms with Crippen LogP contribution in [0.5, 0.6) is 0 Å². The molecule has 0 bridgehead atoms. The van der Waals surface area contributed by atoms with Crippen molar-refractivity contribution < 1.29 is 68.6 Å². The molecule has 2 rings (SSSR count). The number of carbonyl (C=O) groups excluding carboxylic acids is 7. The Kier molecular flexibility index (Phi) is 26.5. The zero-order chi connectivity index (χ0) is 50.2. The van der Waals surface area contributed by atoms with Crippen LogP contribution in [0, 0.1) is 5.92 Å². The number of nitrogens with two attached hydrogens (primary N) is 1. The second kappa shape index (κ2) is 30.5. The molecule has 1 aromatic rings. The number of carboxylic acids is 1. The van der Waals surface area contributed by atoms with E-state index in [2.05, 4.69) is 37.2 Å². The van der Waals surface area contributed by atoms with Gasteiger partial charge in [-0.05, 0) is 88.3 Å². The molecule has 22 nitrogen and oxygen atoms in total. The van der Waals surface area contributed by atoms with Gasteiger partial charge in [0.2, 0.25) is 35.4 Å². The van der Waals surface area contributed by atoms with Gasteiger partial charge in [-0.1, -0.05) is 52.2 Å². The zero-order valence-corrected chi connectivity index (χ0v) is 39.8. The van der Waals surface area contributed by atoms with E-state index in [0.29, 0.717) is 38.0 Å². The molecule has 0 aromatic heterocycles. The number of thioether (sulfide) groups is 1. The average molecular weight is 969 g/mol. The SMILES string of the molecule is CCCCCC(NC(=O)C(C)NC(=O)c1ccc(CCSC2OC(CO)C(O)C(O)C2O)cc1)C(=O)NCC(=O)NCC(=O)NC(C)C(=O)NC(CCCCN)C(=O)NC(CC(C)C)C(=O)O. The molecule has 10 atom stereocenters. The highest BCUT2D eigenvalue weighted by Crippen LogP contribution is 2.29. The van der Waals surface area contributed by atoms with Gasteiger partial charge in [0.15, 0.2) is 0 Å². The molecular weight excluding hydrogens is 897 g/mol. The summed E-state index contributed by atoms with van der Waals surface area (Å²) in [6.07, 6.45) is -1.01. The summed E-state index contributed by atoms with van der Waals surface area (Å²) >= 11 is 1.20. The maximum atomic E-state index is 13.2. The molecule has 14 N–H and O–H groups in total. The van der Waals surface area contributed by atoms with Crippen molar-refractivity contribution in [3.63, 3.8) is 0 Å². The van der Waals surface area contributed by atoms with Crippen molar-refractivity contribution in [2.24, 2.45) is 11.7 Å². The third-order valence-electron chi connectivity index (χ3n) is 10.7. The van der Waals surface area contributed by atoms with Gasteiger partial charge in [0, 0.05) is 5.56 Å². The summed E-state index contributed by atoms with van der Waals surface area (Å²) in [5, 5.41) is 66.7. The lowest BCUT2D eigenvalue weighted by Crippen LogP contribution is -2.57. The molecule has 0 aliphatic carbocycles. The molecule has 1 fully saturated rings. The second-order valence-corrected chi connectivity index (χ2v) is 18.1. The fourth-order valence-corrected chi connectivity index (χ4v) is 7.91. The molecule has 7 amide bonds. The number of ether oxygens (including phenoxy) is 1. The number of rotatable bonds is 30. The van der Waals surface area contributed by atoms with Gasteiger partial charge in [-0.2, -0.15) is 0 Å². The highest BCUT2D eigenvalue weighted by Gasteiger charge is 2.43. The van der Waals surface area contributed by atoms with E-state index in [0.717, 1.165) is 18.4 Å². The predicted octanol–water partition coefficient (Wildman–Crippen LogP) is -2.09. The molecule has 1 aliphatic heterocycles. The Morgan fingerprint density at radius 1 is 0.687 bits per heavy atom. The minimum absolute atomic E-state index is 0.0279. The molecule has 1 saturated heterocycles. The highest BCUT2D eigenvalue weighted by molar-refractivity contribution is 7.99. The average Bonchev–Trinajstić information content (AvgIpc) is 3.28. The minimum atomic E-state index is -1.47. The van der Waals surface area contributed by atoms with E-state index in [1.807, 2.05) is 20.8 Å². The van der Waals surface area contributed by atoms with E-state index in [-0.39, 0.29) is 30.7 Å². The monoisotopic (exact) mass is 968 g/mol. The maximum absolute atomic E-state index is 13.2. The smallest absolute Gasteiger partial charge is 0.326 e. The van der Waals surface area contributed by atoms with Crippen molar-refractivity contribution in [2.45, 2.75) is 152 Å². The lowest BCUT2D eigenvalue weighted by atomic mass is 10.0. The number of amides is 7. The number of aliphatic carboxylic acids is 1. The number of aryl methyl sites for hydroxylation is 1. The quantitative estimate of drug-likeness (QED) is 0.0368. The van der Waals surface area contributed by atoms with Crippen molar-refractivity contribution in [3.8, 4) is 0 Å². The number of hydrogen-bond donors (Lipinski definition) is 13. The summed E-state index contributed by atoms with van der Waals surface area (Å²) in [5.74, 6) is -5.58. The van der Waals surface area contributed by atoms with E-state index >= 15 is 0 Å². The number of nitrogens with one attached hydrogen (secondary N) is 7. The lowest BCUT2D eigenvalue weighted by molar-refractivity contribution is -0.205. The third kappa shape index (κ3) is 20.9. The first-order valence-corrected chi connectivity index (χ1v) is 23.8. The Morgan fingerprint density at radius 3 is 1.82 bits per heavy atom. The van der Waals surface area contributed by atoms with Crippen molar-refractivity contribution >= 4 is 59.1 Å². The second-order valence-electron chi connectivity index (χ2n) is 16.9. The predicted molar refractivity (Wildman–Crippen MR) is 247 cm³/mol. The Labute approximate surface area is 395 Å². The first kappa shape index (κ1) is 58.2. The number of carboxylic acid groups (broad SMARTS) is 1. The number of hydrogen-bond acceptors (Lipinski definition) is 15. The van der Waals surface area contributed by atoms with Gasteiger partial charge in [-0.15, -0.1) is 11.8 Å². The lowest BCUT2D eigenvalue weighted by Gasteiger charge is -2.39. The molecule has 1 aromatic carbocycles. The third-order valence-corrected chi connectivity index (χ3v) is 11.9. The van der Waals surface area contributed by atoms with Gasteiger partial charge < -0.3 is 73.2 Å². The van der Waals surface area contributed by atoms with E-state index in [1.165, 1.54) is 25.6 Å². The van der Waals surface area contributed by atoms with Crippen LogP contribution in [0.25, 0.3) is 0 Å². The Morgan fingerprint density at radius 2 is 1.25 bits per heavy atom. The standard InChI is InChI=1S/C44H72N8O14S/c1-6-7-8-11-29(50-39(60)26(5)49-40(61)28-15-13-27(14-16-28)17-19-67-44-37(58)36(57)35(56)32(23-53)66-44)41(62)47-21-33(54)46-22-34(55)48-25(4)38(59)51-30(12-9-10-18-45)42(63)52-31(43(64)65)20-24(2)3/h13-16,24-26,29-32,35-37,44,53,56-58H,6-12,17-23,45H2,1-5H3,(H,46,54)(H,47,62)(H,48,55)(H,49,61)(H,50,60)(H,51,59)(H,52,63)(H,64,65). The molecule has 1 heterocycles. The van der Waals surface area contributed by atoms with Crippen LogP contribution in [0.2, 0.25) is 0 Å². The van der Waals surface area contributed by atoms with Gasteiger partial charge in [-0.3, -0.25) is 33.6 Å². The first-order valence-electron chi connectivity index (χ1n) is 22.7. The van der Waals surface area contributed by atoms with Gasteiger partial charge in [-0.25, -0.2) is 4.79 Å². The number of unbranched alkanes of at least 4 members (excludes halogenated alkanes) is 3. The van der Waals surface area contributed by atoms with E-state index < -0.39 is 127 Å². The van der Waals surface area contributed by atoms with E-state index in [4.69, 9.17) is 10.5 Å². The van der Waals surface area contributed by atoms with Crippen LogP contribution in [-0.4, -0.2) is 165 Å². The topological polar surface area (TPSA) is 357 Å². The molecule has 67 heavy (non-hydrogen) atoms. The van der Waals surface area contributed by atoms with Crippen molar-refractivity contribution in [1.29, 1.82) is 0 Å². The molecule has 0 spiro atoms. The number of aliphatic hydroxyl groups excluding tert-OH is 4. The number of carbonyl (C=O) groups is 8. The zero-order valence-electron chi connectivity index (χ0n) is 39.0. The molecule has 0 radical (unpaired) electrons.